The summed E-state index contributed by atoms with van der Waals surface area (Å²) in [5, 5.41) is 8.70. The summed E-state index contributed by atoms with van der Waals surface area (Å²) in [6, 6.07) is 4.42. The monoisotopic (exact) mass is 271 g/mol. The number of hydrogen-bond acceptors (Lipinski definition) is 3. The number of ether oxygens (including phenoxy) is 1. The molecule has 0 aliphatic heterocycles. The van der Waals surface area contributed by atoms with E-state index < -0.39 is 11.6 Å². The summed E-state index contributed by atoms with van der Waals surface area (Å²) in [6.07, 6.45) is 0. The number of ketones is 1. The zero-order valence-corrected chi connectivity index (χ0v) is 9.47. The topological polar surface area (TPSA) is 50.1 Å². The van der Waals surface area contributed by atoms with E-state index in [-0.39, 0.29) is 22.2 Å². The third-order valence-corrected chi connectivity index (χ3v) is 2.35. The molecule has 0 saturated heterocycles. The van der Waals surface area contributed by atoms with Gasteiger partial charge in [0.05, 0.1) is 23.6 Å². The molecule has 0 heterocycles. The number of hydrogen-bond donors (Lipinski definition) is 0. The Labute approximate surface area is 94.6 Å². The Morgan fingerprint density at radius 2 is 2.33 bits per heavy atom. The lowest BCUT2D eigenvalue weighted by atomic mass is 10.1. The maximum absolute atomic E-state index is 13.6. The fourth-order valence-corrected chi connectivity index (χ4v) is 1.43. The van der Waals surface area contributed by atoms with E-state index in [0.717, 1.165) is 0 Å². The molecule has 0 atom stereocenters. The van der Waals surface area contributed by atoms with Crippen molar-refractivity contribution in [1.82, 2.24) is 0 Å². The molecular formula is C10H7BrFNO2. The predicted molar refractivity (Wildman–Crippen MR) is 55.8 cm³/mol. The minimum atomic E-state index is -0.791. The highest BCUT2D eigenvalue weighted by molar-refractivity contribution is 9.09. The van der Waals surface area contributed by atoms with Crippen LogP contribution in [0.2, 0.25) is 0 Å². The second kappa shape index (κ2) is 4.89. The molecule has 0 aromatic heterocycles. The third kappa shape index (κ3) is 2.16. The van der Waals surface area contributed by atoms with Crippen molar-refractivity contribution in [2.45, 2.75) is 0 Å². The molecule has 0 radical (unpaired) electrons. The van der Waals surface area contributed by atoms with Gasteiger partial charge in [-0.1, -0.05) is 15.9 Å². The smallest absolute Gasteiger partial charge is 0.177 e. The molecule has 0 spiro atoms. The van der Waals surface area contributed by atoms with Crippen LogP contribution in [0.3, 0.4) is 0 Å². The Bertz CT molecular complexity index is 440. The van der Waals surface area contributed by atoms with Crippen LogP contribution in [0.5, 0.6) is 5.75 Å². The number of nitrogens with zero attached hydrogens (tertiary/aromatic N) is 1. The van der Waals surface area contributed by atoms with Gasteiger partial charge in [0.1, 0.15) is 6.07 Å². The molecule has 3 nitrogen and oxygen atoms in total. The summed E-state index contributed by atoms with van der Waals surface area (Å²) in [7, 11) is 1.25. The number of alkyl halides is 1. The highest BCUT2D eigenvalue weighted by Crippen LogP contribution is 2.25. The molecule has 0 unspecified atom stereocenters. The molecule has 0 N–H and O–H groups in total. The fraction of sp³-hybridized carbons (Fsp3) is 0.200. The van der Waals surface area contributed by atoms with Crippen LogP contribution in [0.15, 0.2) is 12.1 Å². The van der Waals surface area contributed by atoms with Gasteiger partial charge in [0.2, 0.25) is 0 Å². The Kier molecular flexibility index (Phi) is 3.81. The number of Topliss-reactive ketones (excluding diaryl/α,β-unsaturated/α-hetero) is 1. The normalized spacial score (nSPS) is 9.47. The Hall–Kier alpha value is -1.41. The third-order valence-electron chi connectivity index (χ3n) is 1.84. The van der Waals surface area contributed by atoms with Gasteiger partial charge in [0.25, 0.3) is 0 Å². The van der Waals surface area contributed by atoms with Gasteiger partial charge < -0.3 is 4.74 Å². The van der Waals surface area contributed by atoms with Crippen molar-refractivity contribution >= 4 is 21.7 Å². The molecule has 1 aromatic carbocycles. The van der Waals surface area contributed by atoms with Crippen molar-refractivity contribution in [2.24, 2.45) is 0 Å². The van der Waals surface area contributed by atoms with Crippen molar-refractivity contribution in [3.05, 3.63) is 29.1 Å². The van der Waals surface area contributed by atoms with Gasteiger partial charge in [0.15, 0.2) is 17.3 Å². The molecule has 0 saturated carbocycles. The van der Waals surface area contributed by atoms with Crippen molar-refractivity contribution in [1.29, 1.82) is 5.26 Å². The molecular weight excluding hydrogens is 265 g/mol. The van der Waals surface area contributed by atoms with Gasteiger partial charge in [0, 0.05) is 0 Å². The minimum absolute atomic E-state index is 0.0268. The number of carbonyl (C=O) groups is 1. The van der Waals surface area contributed by atoms with Crippen LogP contribution in [-0.2, 0) is 0 Å². The molecule has 0 amide bonds. The van der Waals surface area contributed by atoms with Crippen LogP contribution in [0, 0.1) is 17.1 Å². The largest absolute Gasteiger partial charge is 0.492 e. The van der Waals surface area contributed by atoms with Crippen LogP contribution in [-0.4, -0.2) is 18.2 Å². The van der Waals surface area contributed by atoms with Crippen LogP contribution in [0.4, 0.5) is 4.39 Å². The second-order valence-corrected chi connectivity index (χ2v) is 3.24. The van der Waals surface area contributed by atoms with Crippen molar-refractivity contribution in [2.75, 3.05) is 12.4 Å². The summed E-state index contributed by atoms with van der Waals surface area (Å²) in [5.74, 6) is -1.37. The number of rotatable bonds is 3. The summed E-state index contributed by atoms with van der Waals surface area (Å²) in [6.45, 7) is 0. The van der Waals surface area contributed by atoms with Gasteiger partial charge in [-0.2, -0.15) is 5.26 Å². The molecule has 78 valence electrons. The van der Waals surface area contributed by atoms with E-state index in [1.54, 1.807) is 6.07 Å². The number of methoxy groups -OCH3 is 1. The lowest BCUT2D eigenvalue weighted by molar-refractivity contribution is 0.101. The zero-order chi connectivity index (χ0) is 11.4. The highest BCUT2D eigenvalue weighted by Gasteiger charge is 2.17. The molecule has 0 fully saturated rings. The maximum Gasteiger partial charge on any atom is 0.177 e. The van der Waals surface area contributed by atoms with E-state index in [1.165, 1.54) is 19.2 Å². The summed E-state index contributed by atoms with van der Waals surface area (Å²) in [5.41, 5.74) is -0.0103. The molecule has 0 aliphatic carbocycles. The molecule has 1 aromatic rings. The predicted octanol–water partition coefficient (Wildman–Crippen LogP) is 2.28. The van der Waals surface area contributed by atoms with Gasteiger partial charge >= 0.3 is 0 Å². The first-order valence-electron chi connectivity index (χ1n) is 4.01. The average molecular weight is 272 g/mol. The lowest BCUT2D eigenvalue weighted by Gasteiger charge is -2.07. The second-order valence-electron chi connectivity index (χ2n) is 2.68. The van der Waals surface area contributed by atoms with E-state index >= 15 is 0 Å². The fourth-order valence-electron chi connectivity index (χ4n) is 1.13. The first-order chi connectivity index (χ1) is 7.15. The van der Waals surface area contributed by atoms with Crippen LogP contribution in [0.1, 0.15) is 15.9 Å². The minimum Gasteiger partial charge on any atom is -0.492 e. The van der Waals surface area contributed by atoms with E-state index in [4.69, 9.17) is 10.00 Å². The first-order valence-corrected chi connectivity index (χ1v) is 5.13. The van der Waals surface area contributed by atoms with Gasteiger partial charge in [-0.05, 0) is 12.1 Å². The van der Waals surface area contributed by atoms with Crippen molar-refractivity contribution in [3.63, 3.8) is 0 Å². The molecule has 0 bridgehead atoms. The van der Waals surface area contributed by atoms with E-state index in [2.05, 4.69) is 15.9 Å². The summed E-state index contributed by atoms with van der Waals surface area (Å²) >= 11 is 2.95. The average Bonchev–Trinajstić information content (AvgIpc) is 2.27. The van der Waals surface area contributed by atoms with E-state index in [9.17, 15) is 9.18 Å². The molecule has 1 rings (SSSR count). The van der Waals surface area contributed by atoms with E-state index in [1.807, 2.05) is 0 Å². The van der Waals surface area contributed by atoms with Crippen molar-refractivity contribution in [3.8, 4) is 11.8 Å². The Morgan fingerprint density at radius 3 is 2.80 bits per heavy atom. The number of benzene rings is 1. The highest BCUT2D eigenvalue weighted by atomic mass is 79.9. The lowest BCUT2D eigenvalue weighted by Crippen LogP contribution is -2.06. The molecule has 5 heteroatoms. The van der Waals surface area contributed by atoms with Crippen molar-refractivity contribution < 1.29 is 13.9 Å². The SMILES string of the molecule is COc1c(C#N)ccc(C(=O)CBr)c1F. The van der Waals surface area contributed by atoms with Crippen LogP contribution in [0.25, 0.3) is 0 Å². The standard InChI is InChI=1S/C10H7BrFNO2/c1-15-10-6(5-13)2-3-7(9(10)12)8(14)4-11/h2-3H,4H2,1H3. The van der Waals surface area contributed by atoms with Gasteiger partial charge in [-0.25, -0.2) is 4.39 Å². The maximum atomic E-state index is 13.6. The molecule has 15 heavy (non-hydrogen) atoms. The number of halogens is 2. The van der Waals surface area contributed by atoms with Crippen LogP contribution >= 0.6 is 15.9 Å². The van der Waals surface area contributed by atoms with E-state index in [0.29, 0.717) is 0 Å². The van der Waals surface area contributed by atoms with Crippen LogP contribution < -0.4 is 4.74 Å². The van der Waals surface area contributed by atoms with Gasteiger partial charge in [-0.15, -0.1) is 0 Å². The Balaban J connectivity index is 3.37. The zero-order valence-electron chi connectivity index (χ0n) is 7.88. The quantitative estimate of drug-likeness (QED) is 0.626. The number of nitriles is 1. The Morgan fingerprint density at radius 1 is 1.67 bits per heavy atom. The first kappa shape index (κ1) is 11.7. The summed E-state index contributed by atoms with van der Waals surface area (Å²) in [4.78, 5) is 11.3. The number of carbonyl (C=O) groups excluding carboxylic acids is 1. The summed E-state index contributed by atoms with van der Waals surface area (Å²) < 4.78 is 18.4. The molecule has 0 aliphatic rings. The van der Waals surface area contributed by atoms with Gasteiger partial charge in [-0.3, -0.25) is 4.79 Å².